The molecule has 1 aromatic heterocycles. The fourth-order valence-corrected chi connectivity index (χ4v) is 1.54. The van der Waals surface area contributed by atoms with Crippen molar-refractivity contribution in [2.75, 3.05) is 5.73 Å². The first kappa shape index (κ1) is 8.88. The molecule has 0 amide bonds. The van der Waals surface area contributed by atoms with E-state index in [-0.39, 0.29) is 0 Å². The summed E-state index contributed by atoms with van der Waals surface area (Å²) in [7, 11) is 0. The van der Waals surface area contributed by atoms with Gasteiger partial charge in [0.25, 0.3) is 0 Å². The molecule has 1 aromatic carbocycles. The van der Waals surface area contributed by atoms with Crippen LogP contribution in [0, 0.1) is 13.8 Å². The van der Waals surface area contributed by atoms with Gasteiger partial charge < -0.3 is 10.7 Å². The van der Waals surface area contributed by atoms with Crippen LogP contribution in [0.1, 0.15) is 11.3 Å². The molecule has 0 saturated carbocycles. The first-order chi connectivity index (χ1) is 6.66. The SMILES string of the molecule is Cc1cccc(-c2cc(N)c(C)[nH]2)c1. The van der Waals surface area contributed by atoms with Crippen molar-refractivity contribution in [3.8, 4) is 11.3 Å². The summed E-state index contributed by atoms with van der Waals surface area (Å²) in [5.74, 6) is 0. The van der Waals surface area contributed by atoms with Crippen LogP contribution in [-0.2, 0) is 0 Å². The van der Waals surface area contributed by atoms with Crippen molar-refractivity contribution in [2.24, 2.45) is 0 Å². The molecule has 0 fully saturated rings. The van der Waals surface area contributed by atoms with E-state index in [9.17, 15) is 0 Å². The highest BCUT2D eigenvalue weighted by molar-refractivity contribution is 5.66. The quantitative estimate of drug-likeness (QED) is 0.706. The molecule has 0 aliphatic rings. The van der Waals surface area contributed by atoms with Gasteiger partial charge in [-0.25, -0.2) is 0 Å². The standard InChI is InChI=1S/C12H14N2/c1-8-4-3-5-10(6-8)12-7-11(13)9(2)14-12/h3-7,14H,13H2,1-2H3. The van der Waals surface area contributed by atoms with Gasteiger partial charge >= 0.3 is 0 Å². The number of anilines is 1. The summed E-state index contributed by atoms with van der Waals surface area (Å²) < 4.78 is 0. The fourth-order valence-electron chi connectivity index (χ4n) is 1.54. The lowest BCUT2D eigenvalue weighted by atomic mass is 10.1. The molecule has 0 aliphatic heterocycles. The third-order valence-corrected chi connectivity index (χ3v) is 2.38. The van der Waals surface area contributed by atoms with Crippen molar-refractivity contribution in [1.29, 1.82) is 0 Å². The van der Waals surface area contributed by atoms with Gasteiger partial charge in [-0.15, -0.1) is 0 Å². The van der Waals surface area contributed by atoms with Gasteiger partial charge in [0.05, 0.1) is 5.69 Å². The zero-order chi connectivity index (χ0) is 10.1. The number of nitrogens with one attached hydrogen (secondary N) is 1. The Kier molecular flexibility index (Phi) is 2.04. The highest BCUT2D eigenvalue weighted by atomic mass is 14.8. The van der Waals surface area contributed by atoms with Crippen molar-refractivity contribution < 1.29 is 0 Å². The number of nitrogens with two attached hydrogens (primary N) is 1. The average Bonchev–Trinajstić information content (AvgIpc) is 2.47. The van der Waals surface area contributed by atoms with Gasteiger partial charge in [0.2, 0.25) is 0 Å². The van der Waals surface area contributed by atoms with Gasteiger partial charge in [-0.2, -0.15) is 0 Å². The van der Waals surface area contributed by atoms with Crippen LogP contribution in [0.2, 0.25) is 0 Å². The van der Waals surface area contributed by atoms with Crippen molar-refractivity contribution in [1.82, 2.24) is 4.98 Å². The molecular weight excluding hydrogens is 172 g/mol. The van der Waals surface area contributed by atoms with E-state index in [1.165, 1.54) is 11.1 Å². The number of benzene rings is 1. The molecule has 0 aliphatic carbocycles. The number of hydrogen-bond acceptors (Lipinski definition) is 1. The van der Waals surface area contributed by atoms with E-state index in [2.05, 4.69) is 36.2 Å². The van der Waals surface area contributed by atoms with Crippen LogP contribution in [0.5, 0.6) is 0 Å². The maximum absolute atomic E-state index is 5.78. The zero-order valence-electron chi connectivity index (χ0n) is 8.46. The Morgan fingerprint density at radius 2 is 1.93 bits per heavy atom. The second-order valence-corrected chi connectivity index (χ2v) is 3.63. The molecule has 0 radical (unpaired) electrons. The Balaban J connectivity index is 2.49. The summed E-state index contributed by atoms with van der Waals surface area (Å²) >= 11 is 0. The minimum absolute atomic E-state index is 0.821. The minimum Gasteiger partial charge on any atom is -0.397 e. The average molecular weight is 186 g/mol. The second kappa shape index (κ2) is 3.22. The second-order valence-electron chi connectivity index (χ2n) is 3.63. The predicted octanol–water partition coefficient (Wildman–Crippen LogP) is 2.88. The van der Waals surface area contributed by atoms with E-state index in [1.807, 2.05) is 13.0 Å². The summed E-state index contributed by atoms with van der Waals surface area (Å²) in [5.41, 5.74) is 11.2. The lowest BCUT2D eigenvalue weighted by Crippen LogP contribution is -1.82. The molecular formula is C12H14N2. The van der Waals surface area contributed by atoms with Gasteiger partial charge in [0, 0.05) is 11.4 Å². The van der Waals surface area contributed by atoms with E-state index < -0.39 is 0 Å². The minimum atomic E-state index is 0.821. The van der Waals surface area contributed by atoms with Crippen LogP contribution in [0.4, 0.5) is 5.69 Å². The van der Waals surface area contributed by atoms with E-state index >= 15 is 0 Å². The molecule has 0 bridgehead atoms. The van der Waals surface area contributed by atoms with Crippen LogP contribution in [0.25, 0.3) is 11.3 Å². The summed E-state index contributed by atoms with van der Waals surface area (Å²) in [4.78, 5) is 3.26. The first-order valence-electron chi connectivity index (χ1n) is 4.69. The molecule has 2 aromatic rings. The van der Waals surface area contributed by atoms with Crippen molar-refractivity contribution in [3.05, 3.63) is 41.6 Å². The maximum atomic E-state index is 5.78. The molecule has 14 heavy (non-hydrogen) atoms. The number of H-pyrrole nitrogens is 1. The maximum Gasteiger partial charge on any atom is 0.0528 e. The normalized spacial score (nSPS) is 10.4. The van der Waals surface area contributed by atoms with E-state index in [0.717, 1.165) is 17.1 Å². The molecule has 2 heteroatoms. The molecule has 2 rings (SSSR count). The van der Waals surface area contributed by atoms with E-state index in [0.29, 0.717) is 0 Å². The van der Waals surface area contributed by atoms with Crippen LogP contribution in [0.15, 0.2) is 30.3 Å². The van der Waals surface area contributed by atoms with Crippen LogP contribution in [0.3, 0.4) is 0 Å². The van der Waals surface area contributed by atoms with Gasteiger partial charge in [-0.05, 0) is 31.5 Å². The topological polar surface area (TPSA) is 41.8 Å². The van der Waals surface area contributed by atoms with Gasteiger partial charge in [-0.1, -0.05) is 23.8 Å². The number of hydrogen-bond donors (Lipinski definition) is 2. The highest BCUT2D eigenvalue weighted by Gasteiger charge is 2.02. The van der Waals surface area contributed by atoms with Crippen LogP contribution in [-0.4, -0.2) is 4.98 Å². The summed E-state index contributed by atoms with van der Waals surface area (Å²) in [6.07, 6.45) is 0. The zero-order valence-corrected chi connectivity index (χ0v) is 8.46. The number of rotatable bonds is 1. The lowest BCUT2D eigenvalue weighted by molar-refractivity contribution is 1.27. The molecule has 1 heterocycles. The smallest absolute Gasteiger partial charge is 0.0528 e. The number of aromatic nitrogens is 1. The Hall–Kier alpha value is -1.70. The van der Waals surface area contributed by atoms with Crippen molar-refractivity contribution >= 4 is 5.69 Å². The highest BCUT2D eigenvalue weighted by Crippen LogP contribution is 2.23. The van der Waals surface area contributed by atoms with E-state index in [4.69, 9.17) is 5.73 Å². The molecule has 72 valence electrons. The van der Waals surface area contributed by atoms with Gasteiger partial charge in [0.15, 0.2) is 0 Å². The molecule has 0 unspecified atom stereocenters. The van der Waals surface area contributed by atoms with Crippen molar-refractivity contribution in [3.63, 3.8) is 0 Å². The third kappa shape index (κ3) is 1.51. The van der Waals surface area contributed by atoms with Crippen molar-refractivity contribution in [2.45, 2.75) is 13.8 Å². The molecule has 0 atom stereocenters. The summed E-state index contributed by atoms with van der Waals surface area (Å²) in [5, 5.41) is 0. The van der Waals surface area contributed by atoms with Gasteiger partial charge in [-0.3, -0.25) is 0 Å². The number of aryl methyl sites for hydroxylation is 2. The van der Waals surface area contributed by atoms with Crippen LogP contribution >= 0.6 is 0 Å². The third-order valence-electron chi connectivity index (χ3n) is 2.38. The molecule has 3 N–H and O–H groups in total. The molecule has 2 nitrogen and oxygen atoms in total. The Morgan fingerprint density at radius 1 is 1.14 bits per heavy atom. The Morgan fingerprint density at radius 3 is 2.50 bits per heavy atom. The van der Waals surface area contributed by atoms with Crippen LogP contribution < -0.4 is 5.73 Å². The fraction of sp³-hybridized carbons (Fsp3) is 0.167. The lowest BCUT2D eigenvalue weighted by Gasteiger charge is -1.98. The molecule has 0 spiro atoms. The number of nitrogen functional groups attached to an aromatic ring is 1. The first-order valence-corrected chi connectivity index (χ1v) is 4.69. The Labute approximate surface area is 83.8 Å². The summed E-state index contributed by atoms with van der Waals surface area (Å²) in [6, 6.07) is 10.3. The largest absolute Gasteiger partial charge is 0.397 e. The van der Waals surface area contributed by atoms with E-state index in [1.54, 1.807) is 0 Å². The summed E-state index contributed by atoms with van der Waals surface area (Å²) in [6.45, 7) is 4.07. The Bertz CT molecular complexity index is 436. The molecule has 0 saturated heterocycles. The van der Waals surface area contributed by atoms with Gasteiger partial charge in [0.1, 0.15) is 0 Å². The monoisotopic (exact) mass is 186 g/mol. The number of aromatic amines is 1. The predicted molar refractivity (Wildman–Crippen MR) is 60.1 cm³/mol.